The molecule has 0 spiro atoms. The van der Waals surface area contributed by atoms with Gasteiger partial charge >= 0.3 is 6.03 Å². The summed E-state index contributed by atoms with van der Waals surface area (Å²) in [6.45, 7) is 3.63. The first kappa shape index (κ1) is 15.9. The first-order chi connectivity index (χ1) is 10.1. The van der Waals surface area contributed by atoms with E-state index in [0.29, 0.717) is 6.42 Å². The number of benzene rings is 1. The molecule has 0 radical (unpaired) electrons. The van der Waals surface area contributed by atoms with Crippen LogP contribution in [0.4, 0.5) is 10.5 Å². The number of hydrogen-bond acceptors (Lipinski definition) is 3. The van der Waals surface area contributed by atoms with Crippen LogP contribution >= 0.6 is 11.6 Å². The molecule has 116 valence electrons. The molecule has 1 saturated heterocycles. The second kappa shape index (κ2) is 7.52. The minimum Gasteiger partial charge on any atom is -0.396 e. The van der Waals surface area contributed by atoms with Gasteiger partial charge in [0, 0.05) is 42.5 Å². The Kier molecular flexibility index (Phi) is 5.70. The van der Waals surface area contributed by atoms with Crippen molar-refractivity contribution in [3.63, 3.8) is 0 Å². The Labute approximate surface area is 130 Å². The average molecular weight is 312 g/mol. The van der Waals surface area contributed by atoms with E-state index in [2.05, 4.69) is 15.5 Å². The second-order valence-electron chi connectivity index (χ2n) is 5.44. The van der Waals surface area contributed by atoms with Crippen LogP contribution in [0.2, 0.25) is 5.02 Å². The van der Waals surface area contributed by atoms with Crippen molar-refractivity contribution in [2.75, 3.05) is 24.6 Å². The van der Waals surface area contributed by atoms with Crippen molar-refractivity contribution in [2.24, 2.45) is 0 Å². The summed E-state index contributed by atoms with van der Waals surface area (Å²) in [6.07, 6.45) is 1.47. The van der Waals surface area contributed by atoms with Crippen LogP contribution < -0.4 is 15.5 Å². The maximum absolute atomic E-state index is 11.8. The van der Waals surface area contributed by atoms with E-state index in [-0.39, 0.29) is 24.7 Å². The molecule has 0 bridgehead atoms. The Bertz CT molecular complexity index is 484. The van der Waals surface area contributed by atoms with Gasteiger partial charge in [0.25, 0.3) is 0 Å². The molecular formula is C15H22ClN3O2. The molecule has 5 nitrogen and oxygen atoms in total. The number of carbonyl (C=O) groups excluding carboxylic acids is 1. The van der Waals surface area contributed by atoms with E-state index < -0.39 is 0 Å². The molecule has 1 aliphatic heterocycles. The average Bonchev–Trinajstić information content (AvgIpc) is 2.87. The van der Waals surface area contributed by atoms with Gasteiger partial charge in [-0.15, -0.1) is 0 Å². The summed E-state index contributed by atoms with van der Waals surface area (Å²) in [7, 11) is 0. The first-order valence-corrected chi connectivity index (χ1v) is 7.64. The third-order valence-electron chi connectivity index (χ3n) is 3.64. The fraction of sp³-hybridized carbons (Fsp3) is 0.533. The Morgan fingerprint density at radius 2 is 2.38 bits per heavy atom. The minimum absolute atomic E-state index is 0.0274. The number of anilines is 1. The van der Waals surface area contributed by atoms with Crippen LogP contribution in [0.15, 0.2) is 24.3 Å². The van der Waals surface area contributed by atoms with Crippen LogP contribution in [0.25, 0.3) is 0 Å². The van der Waals surface area contributed by atoms with Crippen molar-refractivity contribution < 1.29 is 9.90 Å². The van der Waals surface area contributed by atoms with Gasteiger partial charge < -0.3 is 20.6 Å². The molecule has 6 heteroatoms. The van der Waals surface area contributed by atoms with E-state index in [1.807, 2.05) is 31.2 Å². The largest absolute Gasteiger partial charge is 0.396 e. The summed E-state index contributed by atoms with van der Waals surface area (Å²) < 4.78 is 0. The topological polar surface area (TPSA) is 64.6 Å². The third-order valence-corrected chi connectivity index (χ3v) is 3.87. The fourth-order valence-corrected chi connectivity index (χ4v) is 2.69. The molecule has 1 aromatic carbocycles. The van der Waals surface area contributed by atoms with Gasteiger partial charge in [0.2, 0.25) is 0 Å². The van der Waals surface area contributed by atoms with Crippen LogP contribution in [0, 0.1) is 0 Å². The highest BCUT2D eigenvalue weighted by Gasteiger charge is 2.24. The normalized spacial score (nSPS) is 19.4. The highest BCUT2D eigenvalue weighted by Crippen LogP contribution is 2.23. The molecule has 0 saturated carbocycles. The quantitative estimate of drug-likeness (QED) is 0.779. The smallest absolute Gasteiger partial charge is 0.315 e. The van der Waals surface area contributed by atoms with Gasteiger partial charge in [-0.05, 0) is 38.0 Å². The van der Waals surface area contributed by atoms with E-state index in [4.69, 9.17) is 16.7 Å². The van der Waals surface area contributed by atoms with Crippen molar-refractivity contribution in [2.45, 2.75) is 31.8 Å². The van der Waals surface area contributed by atoms with Crippen LogP contribution in [0.5, 0.6) is 0 Å². The standard InChI is InChI=1S/C15H22ClN3O2/c1-11(6-8-20)17-15(21)18-13-5-7-19(10-13)14-4-2-3-12(16)9-14/h2-4,9,11,13,20H,5-8,10H2,1H3,(H2,17,18,21). The predicted molar refractivity (Wildman–Crippen MR) is 84.9 cm³/mol. The maximum atomic E-state index is 11.8. The molecule has 2 unspecified atom stereocenters. The summed E-state index contributed by atoms with van der Waals surface area (Å²) in [6, 6.07) is 7.68. The van der Waals surface area contributed by atoms with Gasteiger partial charge in [-0.3, -0.25) is 0 Å². The lowest BCUT2D eigenvalue weighted by Gasteiger charge is -2.20. The van der Waals surface area contributed by atoms with E-state index in [9.17, 15) is 4.79 Å². The highest BCUT2D eigenvalue weighted by molar-refractivity contribution is 6.30. The lowest BCUT2D eigenvalue weighted by molar-refractivity contribution is 0.228. The lowest BCUT2D eigenvalue weighted by atomic mass is 10.2. The molecule has 0 aliphatic carbocycles. The van der Waals surface area contributed by atoms with Gasteiger partial charge in [0.15, 0.2) is 0 Å². The van der Waals surface area contributed by atoms with E-state index in [1.54, 1.807) is 0 Å². The molecule has 3 N–H and O–H groups in total. The molecular weight excluding hydrogens is 290 g/mol. The molecule has 2 rings (SSSR count). The summed E-state index contributed by atoms with van der Waals surface area (Å²) in [5.41, 5.74) is 1.08. The predicted octanol–water partition coefficient (Wildman–Crippen LogP) is 1.99. The van der Waals surface area contributed by atoms with Gasteiger partial charge in [0.1, 0.15) is 0 Å². The lowest BCUT2D eigenvalue weighted by Crippen LogP contribution is -2.46. The van der Waals surface area contributed by atoms with Gasteiger partial charge in [-0.2, -0.15) is 0 Å². The number of carbonyl (C=O) groups is 1. The number of aliphatic hydroxyl groups excluding tert-OH is 1. The van der Waals surface area contributed by atoms with E-state index in [0.717, 1.165) is 30.2 Å². The minimum atomic E-state index is -0.172. The van der Waals surface area contributed by atoms with Gasteiger partial charge in [-0.1, -0.05) is 17.7 Å². The SMILES string of the molecule is CC(CCO)NC(=O)NC1CCN(c2cccc(Cl)c2)C1. The zero-order chi connectivity index (χ0) is 15.2. The maximum Gasteiger partial charge on any atom is 0.315 e. The van der Waals surface area contributed by atoms with Gasteiger partial charge in [0.05, 0.1) is 0 Å². The number of nitrogens with zero attached hydrogens (tertiary/aromatic N) is 1. The molecule has 2 amide bonds. The van der Waals surface area contributed by atoms with Gasteiger partial charge in [-0.25, -0.2) is 4.79 Å². The van der Waals surface area contributed by atoms with Crippen molar-refractivity contribution in [3.8, 4) is 0 Å². The number of nitrogens with one attached hydrogen (secondary N) is 2. The molecule has 1 heterocycles. The molecule has 2 atom stereocenters. The van der Waals surface area contributed by atoms with Crippen LogP contribution in [0.3, 0.4) is 0 Å². The number of aliphatic hydroxyl groups is 1. The van der Waals surface area contributed by atoms with E-state index >= 15 is 0 Å². The van der Waals surface area contributed by atoms with Crippen molar-refractivity contribution >= 4 is 23.3 Å². The summed E-state index contributed by atoms with van der Waals surface area (Å²) in [5.74, 6) is 0. The zero-order valence-corrected chi connectivity index (χ0v) is 12.9. The second-order valence-corrected chi connectivity index (χ2v) is 5.88. The van der Waals surface area contributed by atoms with Crippen LogP contribution in [-0.4, -0.2) is 42.9 Å². The molecule has 21 heavy (non-hydrogen) atoms. The monoisotopic (exact) mass is 311 g/mol. The number of halogens is 1. The van der Waals surface area contributed by atoms with E-state index in [1.165, 1.54) is 0 Å². The number of hydrogen-bond donors (Lipinski definition) is 3. The Hall–Kier alpha value is -1.46. The zero-order valence-electron chi connectivity index (χ0n) is 12.2. The van der Waals surface area contributed by atoms with Crippen LogP contribution in [-0.2, 0) is 0 Å². The molecule has 0 aromatic heterocycles. The van der Waals surface area contributed by atoms with Crippen molar-refractivity contribution in [1.29, 1.82) is 0 Å². The van der Waals surface area contributed by atoms with Crippen molar-refractivity contribution in [3.05, 3.63) is 29.3 Å². The molecule has 1 fully saturated rings. The highest BCUT2D eigenvalue weighted by atomic mass is 35.5. The summed E-state index contributed by atoms with van der Waals surface area (Å²) >= 11 is 6.00. The number of rotatable bonds is 5. The Morgan fingerprint density at radius 1 is 1.57 bits per heavy atom. The molecule has 1 aliphatic rings. The number of urea groups is 1. The van der Waals surface area contributed by atoms with Crippen molar-refractivity contribution in [1.82, 2.24) is 10.6 Å². The number of amides is 2. The van der Waals surface area contributed by atoms with Crippen LogP contribution in [0.1, 0.15) is 19.8 Å². The molecule has 1 aromatic rings. The summed E-state index contributed by atoms with van der Waals surface area (Å²) in [4.78, 5) is 14.1. The Balaban J connectivity index is 1.81. The third kappa shape index (κ3) is 4.79. The fourth-order valence-electron chi connectivity index (χ4n) is 2.50. The first-order valence-electron chi connectivity index (χ1n) is 7.27. The summed E-state index contributed by atoms with van der Waals surface area (Å²) in [5, 5.41) is 15.3. The Morgan fingerprint density at radius 3 is 3.10 bits per heavy atom.